The van der Waals surface area contributed by atoms with E-state index in [4.69, 9.17) is 0 Å². The van der Waals surface area contributed by atoms with Crippen LogP contribution in [0, 0.1) is 13.8 Å². The van der Waals surface area contributed by atoms with Gasteiger partial charge in [-0.1, -0.05) is 17.8 Å². The second-order valence-corrected chi connectivity index (χ2v) is 6.92. The fourth-order valence-corrected chi connectivity index (χ4v) is 3.24. The summed E-state index contributed by atoms with van der Waals surface area (Å²) in [7, 11) is 0. The maximum Gasteiger partial charge on any atom is 0.253 e. The topological polar surface area (TPSA) is 85.1 Å². The van der Waals surface area contributed by atoms with Gasteiger partial charge in [0.2, 0.25) is 11.1 Å². The zero-order valence-corrected chi connectivity index (χ0v) is 16.2. The first-order valence-electron chi connectivity index (χ1n) is 8.45. The van der Waals surface area contributed by atoms with Gasteiger partial charge >= 0.3 is 0 Å². The van der Waals surface area contributed by atoms with Gasteiger partial charge in [-0.15, -0.1) is 5.10 Å². The van der Waals surface area contributed by atoms with E-state index < -0.39 is 0 Å². The summed E-state index contributed by atoms with van der Waals surface area (Å²) in [5.41, 5.74) is 3.90. The first-order chi connectivity index (χ1) is 12.5. The Kier molecular flexibility index (Phi) is 5.51. The van der Waals surface area contributed by atoms with Gasteiger partial charge in [0.15, 0.2) is 0 Å². The molecule has 26 heavy (non-hydrogen) atoms. The van der Waals surface area contributed by atoms with Crippen molar-refractivity contribution in [3.8, 4) is 0 Å². The number of pyridine rings is 1. The SMILES string of the molecule is CSc1nc2nc(C)c(CCC(=O)NC(C)c3cccnc3)c(C)n2n1. The van der Waals surface area contributed by atoms with Crippen LogP contribution in [0.5, 0.6) is 0 Å². The van der Waals surface area contributed by atoms with E-state index in [0.29, 0.717) is 23.8 Å². The largest absolute Gasteiger partial charge is 0.350 e. The summed E-state index contributed by atoms with van der Waals surface area (Å²) in [6, 6.07) is 3.75. The van der Waals surface area contributed by atoms with Crippen LogP contribution in [0.2, 0.25) is 0 Å². The molecule has 136 valence electrons. The van der Waals surface area contributed by atoms with E-state index in [2.05, 4.69) is 25.4 Å². The minimum atomic E-state index is -0.0709. The molecule has 0 aromatic carbocycles. The zero-order valence-electron chi connectivity index (χ0n) is 15.4. The average Bonchev–Trinajstić information content (AvgIpc) is 3.05. The quantitative estimate of drug-likeness (QED) is 0.672. The Labute approximate surface area is 156 Å². The first-order valence-corrected chi connectivity index (χ1v) is 9.68. The number of nitrogens with one attached hydrogen (secondary N) is 1. The summed E-state index contributed by atoms with van der Waals surface area (Å²) in [4.78, 5) is 25.3. The Bertz CT molecular complexity index is 924. The van der Waals surface area contributed by atoms with Crippen LogP contribution in [-0.4, -0.2) is 36.7 Å². The number of amides is 1. The Morgan fingerprint density at radius 3 is 2.85 bits per heavy atom. The number of rotatable bonds is 6. The van der Waals surface area contributed by atoms with Crippen LogP contribution < -0.4 is 5.32 Å². The van der Waals surface area contributed by atoms with Crippen molar-refractivity contribution < 1.29 is 4.79 Å². The summed E-state index contributed by atoms with van der Waals surface area (Å²) in [6.07, 6.45) is 6.43. The molecule has 0 saturated heterocycles. The molecule has 0 radical (unpaired) electrons. The molecule has 8 heteroatoms. The molecule has 3 heterocycles. The third-order valence-electron chi connectivity index (χ3n) is 4.38. The lowest BCUT2D eigenvalue weighted by Gasteiger charge is -2.15. The van der Waals surface area contributed by atoms with E-state index in [1.807, 2.05) is 39.2 Å². The van der Waals surface area contributed by atoms with Gasteiger partial charge in [-0.05, 0) is 50.6 Å². The van der Waals surface area contributed by atoms with E-state index in [0.717, 1.165) is 22.5 Å². The summed E-state index contributed by atoms with van der Waals surface area (Å²) in [6.45, 7) is 5.90. The lowest BCUT2D eigenvalue weighted by atomic mass is 10.1. The van der Waals surface area contributed by atoms with Crippen LogP contribution >= 0.6 is 11.8 Å². The van der Waals surface area contributed by atoms with Crippen LogP contribution in [0.25, 0.3) is 5.78 Å². The molecule has 0 bridgehead atoms. The van der Waals surface area contributed by atoms with Crippen LogP contribution in [0.4, 0.5) is 0 Å². The third-order valence-corrected chi connectivity index (χ3v) is 4.91. The number of hydrogen-bond acceptors (Lipinski definition) is 6. The van der Waals surface area contributed by atoms with Crippen molar-refractivity contribution in [1.29, 1.82) is 0 Å². The number of nitrogens with zero attached hydrogens (tertiary/aromatic N) is 5. The number of carbonyl (C=O) groups excluding carboxylic acids is 1. The van der Waals surface area contributed by atoms with E-state index in [-0.39, 0.29) is 11.9 Å². The number of carbonyl (C=O) groups is 1. The number of fused-ring (bicyclic) bond motifs is 1. The van der Waals surface area contributed by atoms with E-state index in [9.17, 15) is 4.79 Å². The molecule has 0 fully saturated rings. The van der Waals surface area contributed by atoms with Gasteiger partial charge in [0.25, 0.3) is 5.78 Å². The fraction of sp³-hybridized carbons (Fsp3) is 0.389. The molecule has 1 unspecified atom stereocenters. The molecule has 0 aliphatic rings. The van der Waals surface area contributed by atoms with Gasteiger partial charge in [-0.2, -0.15) is 4.98 Å². The lowest BCUT2D eigenvalue weighted by molar-refractivity contribution is -0.121. The van der Waals surface area contributed by atoms with Crippen molar-refractivity contribution in [2.75, 3.05) is 6.26 Å². The molecule has 1 N–H and O–H groups in total. The molecule has 0 spiro atoms. The summed E-state index contributed by atoms with van der Waals surface area (Å²) >= 11 is 1.49. The highest BCUT2D eigenvalue weighted by molar-refractivity contribution is 7.98. The van der Waals surface area contributed by atoms with Crippen molar-refractivity contribution in [3.63, 3.8) is 0 Å². The molecule has 0 saturated carbocycles. The smallest absolute Gasteiger partial charge is 0.253 e. The van der Waals surface area contributed by atoms with E-state index in [1.54, 1.807) is 16.9 Å². The monoisotopic (exact) mass is 370 g/mol. The molecular formula is C18H22N6OS. The number of thioether (sulfide) groups is 1. The van der Waals surface area contributed by atoms with E-state index in [1.165, 1.54) is 11.8 Å². The molecular weight excluding hydrogens is 348 g/mol. The second-order valence-electron chi connectivity index (χ2n) is 6.15. The average molecular weight is 370 g/mol. The van der Waals surface area contributed by atoms with Gasteiger partial charge in [-0.25, -0.2) is 9.50 Å². The van der Waals surface area contributed by atoms with Gasteiger partial charge in [0.1, 0.15) is 0 Å². The molecule has 7 nitrogen and oxygen atoms in total. The Morgan fingerprint density at radius 1 is 1.35 bits per heavy atom. The summed E-state index contributed by atoms with van der Waals surface area (Å²) < 4.78 is 1.75. The van der Waals surface area contributed by atoms with Crippen molar-refractivity contribution in [2.24, 2.45) is 0 Å². The van der Waals surface area contributed by atoms with Crippen molar-refractivity contribution in [3.05, 3.63) is 47.0 Å². The number of aromatic nitrogens is 5. The number of hydrogen-bond donors (Lipinski definition) is 1. The molecule has 3 aromatic rings. The molecule has 1 atom stereocenters. The van der Waals surface area contributed by atoms with Gasteiger partial charge < -0.3 is 5.32 Å². The van der Waals surface area contributed by atoms with E-state index >= 15 is 0 Å². The highest BCUT2D eigenvalue weighted by Gasteiger charge is 2.15. The van der Waals surface area contributed by atoms with Crippen molar-refractivity contribution in [2.45, 2.75) is 44.8 Å². The zero-order chi connectivity index (χ0) is 18.7. The molecule has 1 amide bonds. The summed E-state index contributed by atoms with van der Waals surface area (Å²) in [5, 5.41) is 8.16. The maximum absolute atomic E-state index is 12.3. The van der Waals surface area contributed by atoms with Crippen LogP contribution in [0.1, 0.15) is 41.9 Å². The fourth-order valence-electron chi connectivity index (χ4n) is 2.91. The third kappa shape index (κ3) is 3.85. The Balaban J connectivity index is 1.70. The Morgan fingerprint density at radius 2 is 2.15 bits per heavy atom. The van der Waals surface area contributed by atoms with Gasteiger partial charge in [-0.3, -0.25) is 9.78 Å². The van der Waals surface area contributed by atoms with Crippen molar-refractivity contribution >= 4 is 23.4 Å². The predicted octanol–water partition coefficient (Wildman–Crippen LogP) is 2.67. The highest BCUT2D eigenvalue weighted by Crippen LogP contribution is 2.18. The Hall–Kier alpha value is -2.48. The normalized spacial score (nSPS) is 12.3. The highest BCUT2D eigenvalue weighted by atomic mass is 32.2. The lowest BCUT2D eigenvalue weighted by Crippen LogP contribution is -2.27. The van der Waals surface area contributed by atoms with Crippen LogP contribution in [0.15, 0.2) is 29.7 Å². The van der Waals surface area contributed by atoms with Gasteiger partial charge in [0, 0.05) is 30.2 Å². The van der Waals surface area contributed by atoms with Gasteiger partial charge in [0.05, 0.1) is 6.04 Å². The number of aryl methyl sites for hydroxylation is 2. The standard InChI is InChI=1S/C18H22N6OS/c1-11(14-6-5-9-19-10-14)20-16(25)8-7-15-12(2)21-17-22-18(26-4)23-24(17)13(15)3/h5-6,9-11H,7-8H2,1-4H3,(H,20,25). The van der Waals surface area contributed by atoms with Crippen LogP contribution in [-0.2, 0) is 11.2 Å². The molecule has 0 aliphatic heterocycles. The molecule has 3 rings (SSSR count). The minimum absolute atomic E-state index is 0.00337. The van der Waals surface area contributed by atoms with Crippen LogP contribution in [0.3, 0.4) is 0 Å². The minimum Gasteiger partial charge on any atom is -0.350 e. The predicted molar refractivity (Wildman–Crippen MR) is 101 cm³/mol. The second kappa shape index (κ2) is 7.82. The maximum atomic E-state index is 12.3. The first kappa shape index (κ1) is 18.3. The summed E-state index contributed by atoms with van der Waals surface area (Å²) in [5.74, 6) is 0.603. The molecule has 0 aliphatic carbocycles. The molecule has 3 aromatic heterocycles. The van der Waals surface area contributed by atoms with Crippen molar-refractivity contribution in [1.82, 2.24) is 29.9 Å².